The van der Waals surface area contributed by atoms with Crippen molar-refractivity contribution in [3.63, 3.8) is 0 Å². The maximum absolute atomic E-state index is 12.6. The Morgan fingerprint density at radius 3 is 2.28 bits per heavy atom. The summed E-state index contributed by atoms with van der Waals surface area (Å²) < 4.78 is 0. The number of hydrogen-bond acceptors (Lipinski definition) is 6. The predicted molar refractivity (Wildman–Crippen MR) is 103 cm³/mol. The average molecular weight is 413 g/mol. The Bertz CT molecular complexity index is 655. The third kappa shape index (κ3) is 6.70. The molecule has 5 atom stereocenters. The Morgan fingerprint density at radius 1 is 1.14 bits per heavy atom. The summed E-state index contributed by atoms with van der Waals surface area (Å²) in [4.78, 5) is 61.2. The summed E-state index contributed by atoms with van der Waals surface area (Å²) in [5.41, 5.74) is 11.0. The minimum absolute atomic E-state index is 0.143. The third-order valence-electron chi connectivity index (χ3n) is 5.15. The summed E-state index contributed by atoms with van der Waals surface area (Å²) in [5, 5.41) is 14.0. The van der Waals surface area contributed by atoms with Crippen molar-refractivity contribution in [3.8, 4) is 0 Å². The monoisotopic (exact) mass is 413 g/mol. The van der Waals surface area contributed by atoms with E-state index in [0.29, 0.717) is 19.3 Å². The Labute approximate surface area is 169 Å². The minimum Gasteiger partial charge on any atom is -0.480 e. The zero-order chi connectivity index (χ0) is 22.3. The van der Waals surface area contributed by atoms with Gasteiger partial charge in [0, 0.05) is 6.54 Å². The summed E-state index contributed by atoms with van der Waals surface area (Å²) >= 11 is 0. The molecule has 0 aromatic heterocycles. The second kappa shape index (κ2) is 10.7. The van der Waals surface area contributed by atoms with Crippen molar-refractivity contribution in [1.82, 2.24) is 15.5 Å². The van der Waals surface area contributed by atoms with Crippen LogP contribution in [0.2, 0.25) is 0 Å². The zero-order valence-electron chi connectivity index (χ0n) is 17.0. The molecule has 29 heavy (non-hydrogen) atoms. The third-order valence-corrected chi connectivity index (χ3v) is 5.15. The van der Waals surface area contributed by atoms with Crippen molar-refractivity contribution in [2.24, 2.45) is 17.4 Å². The summed E-state index contributed by atoms with van der Waals surface area (Å²) in [5.74, 6) is -4.00. The lowest BCUT2D eigenvalue weighted by Gasteiger charge is -2.27. The molecule has 0 spiro atoms. The van der Waals surface area contributed by atoms with Gasteiger partial charge in [0.15, 0.2) is 0 Å². The van der Waals surface area contributed by atoms with Gasteiger partial charge in [-0.15, -0.1) is 0 Å². The molecule has 11 heteroatoms. The molecule has 1 rings (SSSR count). The Hall–Kier alpha value is -2.69. The number of nitrogens with two attached hydrogens (primary N) is 2. The topological polar surface area (TPSA) is 185 Å². The van der Waals surface area contributed by atoms with Crippen LogP contribution in [0.4, 0.5) is 0 Å². The highest BCUT2D eigenvalue weighted by Gasteiger charge is 2.37. The molecule has 0 aromatic rings. The first-order chi connectivity index (χ1) is 13.5. The van der Waals surface area contributed by atoms with Gasteiger partial charge < -0.3 is 32.1 Å². The van der Waals surface area contributed by atoms with E-state index in [1.165, 1.54) is 11.8 Å². The maximum atomic E-state index is 12.6. The fourth-order valence-electron chi connectivity index (χ4n) is 3.10. The lowest BCUT2D eigenvalue weighted by molar-refractivity contribution is -0.149. The van der Waals surface area contributed by atoms with Crippen molar-refractivity contribution < 1.29 is 29.1 Å². The molecular formula is C18H31N5O6. The standard InChI is InChI=1S/C18H31N5O6/c1-4-9(2)14(20)16(26)22-11(8-13(19)24)15(25)21-10(3)17(27)23-7-5-6-12(23)18(28)29/h9-12,14H,4-8,20H2,1-3H3,(H2,19,24)(H,21,25)(H,22,26)(H,28,29). The number of nitrogens with zero attached hydrogens (tertiary/aromatic N) is 1. The number of carboxylic acid groups (broad SMARTS) is 1. The SMILES string of the molecule is CCC(C)C(N)C(=O)NC(CC(N)=O)C(=O)NC(C)C(=O)N1CCCC1C(=O)O. The van der Waals surface area contributed by atoms with Gasteiger partial charge in [0.2, 0.25) is 23.6 Å². The molecule has 0 radical (unpaired) electrons. The lowest BCUT2D eigenvalue weighted by Crippen LogP contribution is -2.57. The summed E-state index contributed by atoms with van der Waals surface area (Å²) in [6.07, 6.45) is 1.08. The van der Waals surface area contributed by atoms with Gasteiger partial charge >= 0.3 is 5.97 Å². The van der Waals surface area contributed by atoms with Gasteiger partial charge in [-0.1, -0.05) is 20.3 Å². The summed E-state index contributed by atoms with van der Waals surface area (Å²) in [6, 6.07) is -4.14. The van der Waals surface area contributed by atoms with Gasteiger partial charge in [0.25, 0.3) is 0 Å². The van der Waals surface area contributed by atoms with Crippen molar-refractivity contribution >= 4 is 29.6 Å². The van der Waals surface area contributed by atoms with Crippen molar-refractivity contribution in [1.29, 1.82) is 0 Å². The van der Waals surface area contributed by atoms with Gasteiger partial charge in [0.05, 0.1) is 12.5 Å². The van der Waals surface area contributed by atoms with E-state index in [-0.39, 0.29) is 12.5 Å². The van der Waals surface area contributed by atoms with Gasteiger partial charge in [-0.05, 0) is 25.7 Å². The van der Waals surface area contributed by atoms with Crippen LogP contribution in [-0.2, 0) is 24.0 Å². The molecule has 7 N–H and O–H groups in total. The normalized spacial score (nSPS) is 20.3. The smallest absolute Gasteiger partial charge is 0.326 e. The van der Waals surface area contributed by atoms with Crippen LogP contribution in [0.5, 0.6) is 0 Å². The molecule has 164 valence electrons. The van der Waals surface area contributed by atoms with Gasteiger partial charge in [-0.3, -0.25) is 19.2 Å². The number of carbonyl (C=O) groups is 5. The Morgan fingerprint density at radius 2 is 1.76 bits per heavy atom. The van der Waals surface area contributed by atoms with Crippen molar-refractivity contribution in [3.05, 3.63) is 0 Å². The van der Waals surface area contributed by atoms with Crippen molar-refractivity contribution in [2.45, 2.75) is 70.6 Å². The highest BCUT2D eigenvalue weighted by molar-refractivity contribution is 5.96. The number of rotatable bonds is 10. The number of aliphatic carboxylic acids is 1. The fourth-order valence-corrected chi connectivity index (χ4v) is 3.10. The zero-order valence-corrected chi connectivity index (χ0v) is 17.0. The predicted octanol–water partition coefficient (Wildman–Crippen LogP) is -1.70. The van der Waals surface area contributed by atoms with E-state index < -0.39 is 60.2 Å². The lowest BCUT2D eigenvalue weighted by atomic mass is 9.99. The number of primary amides is 1. The average Bonchev–Trinajstić information content (AvgIpc) is 3.14. The first-order valence-electron chi connectivity index (χ1n) is 9.67. The summed E-state index contributed by atoms with van der Waals surface area (Å²) in [6.45, 7) is 5.33. The number of amides is 4. The second-order valence-electron chi connectivity index (χ2n) is 7.40. The molecule has 1 aliphatic heterocycles. The number of hydrogen-bond donors (Lipinski definition) is 5. The highest BCUT2D eigenvalue weighted by atomic mass is 16.4. The number of likely N-dealkylation sites (tertiary alicyclic amines) is 1. The van der Waals surface area contributed by atoms with Crippen LogP contribution < -0.4 is 22.1 Å². The highest BCUT2D eigenvalue weighted by Crippen LogP contribution is 2.18. The molecule has 0 aromatic carbocycles. The molecule has 4 amide bonds. The number of carbonyl (C=O) groups excluding carboxylic acids is 4. The molecular weight excluding hydrogens is 382 g/mol. The first-order valence-corrected chi connectivity index (χ1v) is 9.67. The molecule has 5 unspecified atom stereocenters. The van der Waals surface area contributed by atoms with E-state index in [2.05, 4.69) is 10.6 Å². The molecule has 1 heterocycles. The van der Waals surface area contributed by atoms with Gasteiger partial charge in [-0.2, -0.15) is 0 Å². The quantitative estimate of drug-likeness (QED) is 0.282. The van der Waals surface area contributed by atoms with E-state index in [9.17, 15) is 29.1 Å². The van der Waals surface area contributed by atoms with Crippen LogP contribution in [0, 0.1) is 5.92 Å². The van der Waals surface area contributed by atoms with Gasteiger partial charge in [-0.25, -0.2) is 4.79 Å². The molecule has 1 saturated heterocycles. The van der Waals surface area contributed by atoms with Crippen LogP contribution in [0.15, 0.2) is 0 Å². The maximum Gasteiger partial charge on any atom is 0.326 e. The molecule has 0 saturated carbocycles. The molecule has 1 fully saturated rings. The van der Waals surface area contributed by atoms with Crippen LogP contribution in [0.3, 0.4) is 0 Å². The van der Waals surface area contributed by atoms with E-state index >= 15 is 0 Å². The van der Waals surface area contributed by atoms with Crippen LogP contribution in [0.25, 0.3) is 0 Å². The van der Waals surface area contributed by atoms with E-state index in [4.69, 9.17) is 11.5 Å². The molecule has 0 bridgehead atoms. The van der Waals surface area contributed by atoms with Gasteiger partial charge in [0.1, 0.15) is 18.1 Å². The summed E-state index contributed by atoms with van der Waals surface area (Å²) in [7, 11) is 0. The molecule has 0 aliphatic carbocycles. The van der Waals surface area contributed by atoms with Crippen LogP contribution in [0.1, 0.15) is 46.5 Å². The molecule has 11 nitrogen and oxygen atoms in total. The van der Waals surface area contributed by atoms with E-state index in [0.717, 1.165) is 0 Å². The fraction of sp³-hybridized carbons (Fsp3) is 0.722. The largest absolute Gasteiger partial charge is 0.480 e. The Balaban J connectivity index is 2.81. The number of nitrogens with one attached hydrogen (secondary N) is 2. The Kier molecular flexibility index (Phi) is 9.02. The molecule has 1 aliphatic rings. The second-order valence-corrected chi connectivity index (χ2v) is 7.40. The minimum atomic E-state index is -1.29. The van der Waals surface area contributed by atoms with E-state index in [1.54, 1.807) is 6.92 Å². The number of carboxylic acids is 1. The first kappa shape index (κ1) is 24.3. The van der Waals surface area contributed by atoms with Crippen LogP contribution >= 0.6 is 0 Å². The van der Waals surface area contributed by atoms with Crippen LogP contribution in [-0.4, -0.2) is 70.3 Å². The van der Waals surface area contributed by atoms with Crippen molar-refractivity contribution in [2.75, 3.05) is 6.54 Å². The van der Waals surface area contributed by atoms with E-state index in [1.807, 2.05) is 6.92 Å².